The second-order valence-corrected chi connectivity index (χ2v) is 28.1. The molecule has 0 fully saturated rings. The van der Waals surface area contributed by atoms with E-state index in [0.29, 0.717) is 25.9 Å². The molecule has 518 valence electrons. The second kappa shape index (κ2) is 77.1. The Morgan fingerprint density at radius 3 is 0.839 bits per heavy atom. The van der Waals surface area contributed by atoms with Gasteiger partial charge in [-0.15, -0.1) is 0 Å². The highest BCUT2D eigenvalue weighted by Gasteiger charge is 2.20. The van der Waals surface area contributed by atoms with Gasteiger partial charge in [-0.25, -0.2) is 0 Å². The van der Waals surface area contributed by atoms with Crippen molar-refractivity contribution in [2.24, 2.45) is 0 Å². The number of carbonyl (C=O) groups is 2. The Balaban J connectivity index is 3.31. The van der Waals surface area contributed by atoms with E-state index in [1.165, 1.54) is 392 Å². The molecule has 0 heterocycles. The van der Waals surface area contributed by atoms with Crippen molar-refractivity contribution < 1.29 is 24.5 Å². The fourth-order valence-electron chi connectivity index (χ4n) is 13.2. The van der Waals surface area contributed by atoms with Gasteiger partial charge in [0.25, 0.3) is 0 Å². The number of aliphatic hydroxyl groups is 2. The molecule has 0 rings (SSSR count). The van der Waals surface area contributed by atoms with Crippen LogP contribution in [-0.2, 0) is 14.3 Å². The van der Waals surface area contributed by atoms with E-state index in [4.69, 9.17) is 4.74 Å². The molecule has 6 heteroatoms. The number of carbonyl (C=O) groups excluding carboxylic acids is 2. The van der Waals surface area contributed by atoms with E-state index in [9.17, 15) is 19.8 Å². The zero-order chi connectivity index (χ0) is 62.8. The molecule has 87 heavy (non-hydrogen) atoms. The average Bonchev–Trinajstić information content (AvgIpc) is 3.53. The van der Waals surface area contributed by atoms with Gasteiger partial charge in [-0.05, 0) is 51.4 Å². The van der Waals surface area contributed by atoms with Gasteiger partial charge in [-0.3, -0.25) is 9.59 Å². The first-order valence-corrected chi connectivity index (χ1v) is 40.4. The van der Waals surface area contributed by atoms with Crippen molar-refractivity contribution in [3.63, 3.8) is 0 Å². The molecule has 2 atom stereocenters. The molecule has 0 bridgehead atoms. The van der Waals surface area contributed by atoms with Crippen molar-refractivity contribution in [3.05, 3.63) is 12.2 Å². The molecule has 0 aromatic heterocycles. The Bertz CT molecular complexity index is 1320. The van der Waals surface area contributed by atoms with Crippen LogP contribution in [0, 0.1) is 0 Å². The van der Waals surface area contributed by atoms with E-state index in [2.05, 4.69) is 31.3 Å². The third-order valence-electron chi connectivity index (χ3n) is 19.3. The van der Waals surface area contributed by atoms with E-state index >= 15 is 0 Å². The summed E-state index contributed by atoms with van der Waals surface area (Å²) >= 11 is 0. The van der Waals surface area contributed by atoms with Crippen molar-refractivity contribution in [1.82, 2.24) is 5.32 Å². The molecule has 0 radical (unpaired) electrons. The number of rotatable bonds is 77. The first kappa shape index (κ1) is 85.6. The number of nitrogens with one attached hydrogen (secondary N) is 1. The maximum Gasteiger partial charge on any atom is 0.305 e. The van der Waals surface area contributed by atoms with Crippen molar-refractivity contribution >= 4 is 11.9 Å². The number of aliphatic hydroxyl groups excluding tert-OH is 2. The zero-order valence-electron chi connectivity index (χ0n) is 59.5. The number of ether oxygens (including phenoxy) is 1. The summed E-state index contributed by atoms with van der Waals surface area (Å²) in [5.41, 5.74) is 0. The number of allylic oxidation sites excluding steroid dienone is 2. The third kappa shape index (κ3) is 73.5. The summed E-state index contributed by atoms with van der Waals surface area (Å²) in [6.45, 7) is 4.98. The Hall–Kier alpha value is -1.40. The van der Waals surface area contributed by atoms with Gasteiger partial charge in [0.05, 0.1) is 25.4 Å². The molecule has 0 aromatic carbocycles. The van der Waals surface area contributed by atoms with Crippen LogP contribution in [0.1, 0.15) is 470 Å². The fourth-order valence-corrected chi connectivity index (χ4v) is 13.2. The summed E-state index contributed by atoms with van der Waals surface area (Å²) in [6, 6.07) is -0.538. The highest BCUT2D eigenvalue weighted by Crippen LogP contribution is 2.21. The summed E-state index contributed by atoms with van der Waals surface area (Å²) < 4.78 is 5.48. The summed E-state index contributed by atoms with van der Waals surface area (Å²) in [5.74, 6) is -0.00994. The number of hydrogen-bond acceptors (Lipinski definition) is 5. The maximum absolute atomic E-state index is 12.6. The molecule has 0 saturated carbocycles. The summed E-state index contributed by atoms with van der Waals surface area (Å²) in [6.07, 6.45) is 97.5. The van der Waals surface area contributed by atoms with Gasteiger partial charge in [0.1, 0.15) is 0 Å². The quantitative estimate of drug-likeness (QED) is 0.0320. The minimum Gasteiger partial charge on any atom is -0.466 e. The molecular formula is C81H159NO5. The summed E-state index contributed by atoms with van der Waals surface area (Å²) in [7, 11) is 0. The predicted molar refractivity (Wildman–Crippen MR) is 384 cm³/mol. The average molecular weight is 1230 g/mol. The minimum absolute atomic E-state index is 0.0136. The number of unbranched alkanes of at least 4 members (excludes halogenated alkanes) is 64. The monoisotopic (exact) mass is 1230 g/mol. The Labute approximate surface area is 546 Å². The van der Waals surface area contributed by atoms with Gasteiger partial charge < -0.3 is 20.3 Å². The lowest BCUT2D eigenvalue weighted by Crippen LogP contribution is -2.45. The topological polar surface area (TPSA) is 95.9 Å². The van der Waals surface area contributed by atoms with Gasteiger partial charge in [-0.2, -0.15) is 0 Å². The minimum atomic E-state index is -0.661. The summed E-state index contributed by atoms with van der Waals surface area (Å²) in [4.78, 5) is 24.6. The van der Waals surface area contributed by atoms with Crippen LogP contribution >= 0.6 is 0 Å². The van der Waals surface area contributed by atoms with E-state index < -0.39 is 12.1 Å². The number of hydrogen-bond donors (Lipinski definition) is 3. The standard InChI is InChI=1S/C81H159NO5/c1-3-5-7-9-11-13-15-17-18-19-20-21-35-38-41-44-47-50-53-57-61-65-69-73-79(84)78(77-83)82-80(85)74-70-66-62-58-54-51-48-45-42-39-36-33-31-29-27-25-23-22-24-26-28-30-32-34-37-40-43-46-49-52-56-60-64-68-72-76-87-81(86)75-71-67-63-59-55-16-14-12-10-8-6-4-2/h12,14,78-79,83-84H,3-11,13,15-77H2,1-2H3,(H,82,85)/b14-12-. The second-order valence-electron chi connectivity index (χ2n) is 28.1. The summed E-state index contributed by atoms with van der Waals surface area (Å²) in [5, 5.41) is 23.5. The van der Waals surface area contributed by atoms with Crippen LogP contribution in [0.3, 0.4) is 0 Å². The van der Waals surface area contributed by atoms with E-state index in [1.54, 1.807) is 0 Å². The molecule has 0 aliphatic rings. The molecule has 3 N–H and O–H groups in total. The molecule has 1 amide bonds. The predicted octanol–water partition coefficient (Wildman–Crippen LogP) is 26.7. The van der Waals surface area contributed by atoms with Gasteiger partial charge >= 0.3 is 5.97 Å². The smallest absolute Gasteiger partial charge is 0.305 e. The van der Waals surface area contributed by atoms with Gasteiger partial charge in [0.15, 0.2) is 0 Å². The van der Waals surface area contributed by atoms with Gasteiger partial charge in [-0.1, -0.05) is 418 Å². The van der Waals surface area contributed by atoms with Crippen molar-refractivity contribution in [3.8, 4) is 0 Å². The van der Waals surface area contributed by atoms with Crippen molar-refractivity contribution in [2.45, 2.75) is 482 Å². The van der Waals surface area contributed by atoms with Crippen LogP contribution in [0.5, 0.6) is 0 Å². The largest absolute Gasteiger partial charge is 0.466 e. The Morgan fingerprint density at radius 2 is 0.540 bits per heavy atom. The number of amides is 1. The van der Waals surface area contributed by atoms with Crippen molar-refractivity contribution in [2.75, 3.05) is 13.2 Å². The van der Waals surface area contributed by atoms with Gasteiger partial charge in [0, 0.05) is 12.8 Å². The maximum atomic E-state index is 12.6. The van der Waals surface area contributed by atoms with Crippen molar-refractivity contribution in [1.29, 1.82) is 0 Å². The highest BCUT2D eigenvalue weighted by molar-refractivity contribution is 5.76. The molecule has 6 nitrogen and oxygen atoms in total. The van der Waals surface area contributed by atoms with E-state index in [1.807, 2.05) is 0 Å². The molecular weight excluding hydrogens is 1070 g/mol. The lowest BCUT2D eigenvalue weighted by molar-refractivity contribution is -0.143. The van der Waals surface area contributed by atoms with Crippen LogP contribution in [0.2, 0.25) is 0 Å². The lowest BCUT2D eigenvalue weighted by Gasteiger charge is -2.22. The normalized spacial score (nSPS) is 12.5. The van der Waals surface area contributed by atoms with Gasteiger partial charge in [0.2, 0.25) is 5.91 Å². The molecule has 0 saturated heterocycles. The van der Waals surface area contributed by atoms with Crippen LogP contribution in [0.4, 0.5) is 0 Å². The molecule has 0 spiro atoms. The lowest BCUT2D eigenvalue weighted by atomic mass is 10.0. The first-order valence-electron chi connectivity index (χ1n) is 40.4. The fraction of sp³-hybridized carbons (Fsp3) is 0.951. The molecule has 0 aliphatic carbocycles. The Kier molecular flexibility index (Phi) is 75.8. The third-order valence-corrected chi connectivity index (χ3v) is 19.3. The van der Waals surface area contributed by atoms with E-state index in [-0.39, 0.29) is 18.5 Å². The number of esters is 1. The first-order chi connectivity index (χ1) is 43.0. The highest BCUT2D eigenvalue weighted by atomic mass is 16.5. The molecule has 2 unspecified atom stereocenters. The van der Waals surface area contributed by atoms with Crippen LogP contribution in [0.15, 0.2) is 12.2 Å². The van der Waals surface area contributed by atoms with Crippen LogP contribution in [-0.4, -0.2) is 47.4 Å². The SMILES string of the molecule is CCCCC/C=C\CCCCCCCC(=O)OCCCCCCCCCCCCCCCCCCCCCCCCCCCCCCCCCCCCCC(=O)NC(CO)C(O)CCCCCCCCCCCCCCCCCCCCCCCCC. The zero-order valence-corrected chi connectivity index (χ0v) is 59.5. The van der Waals surface area contributed by atoms with Crippen LogP contribution < -0.4 is 5.32 Å². The van der Waals surface area contributed by atoms with E-state index in [0.717, 1.165) is 44.9 Å². The van der Waals surface area contributed by atoms with Crippen LogP contribution in [0.25, 0.3) is 0 Å². The molecule has 0 aromatic rings. The molecule has 0 aliphatic heterocycles. The Morgan fingerprint density at radius 1 is 0.310 bits per heavy atom.